The van der Waals surface area contributed by atoms with Crippen molar-refractivity contribution in [1.82, 2.24) is 9.88 Å². The summed E-state index contributed by atoms with van der Waals surface area (Å²) in [7, 11) is 3.61. The van der Waals surface area contributed by atoms with E-state index in [0.29, 0.717) is 12.5 Å². The van der Waals surface area contributed by atoms with Crippen molar-refractivity contribution in [3.63, 3.8) is 0 Å². The Balaban J connectivity index is 1.90. The van der Waals surface area contributed by atoms with Gasteiger partial charge in [-0.25, -0.2) is 0 Å². The molecule has 1 fully saturated rings. The number of carbonyl (C=O) groups is 1. The molecule has 5 nitrogen and oxygen atoms in total. The van der Waals surface area contributed by atoms with Gasteiger partial charge >= 0.3 is 0 Å². The van der Waals surface area contributed by atoms with Crippen LogP contribution in [0, 0.1) is 12.8 Å². The molecule has 2 aromatic rings. The largest absolute Gasteiger partial charge is 0.497 e. The minimum Gasteiger partial charge on any atom is -0.497 e. The maximum atomic E-state index is 12.6. The molecule has 0 aliphatic carbocycles. The van der Waals surface area contributed by atoms with Crippen LogP contribution >= 0.6 is 0 Å². The number of carbonyl (C=O) groups excluding carboxylic acids is 1. The fourth-order valence-corrected chi connectivity index (χ4v) is 3.03. The highest BCUT2D eigenvalue weighted by atomic mass is 16.5. The summed E-state index contributed by atoms with van der Waals surface area (Å²) >= 11 is 0. The number of aryl methyl sites for hydroxylation is 1. The summed E-state index contributed by atoms with van der Waals surface area (Å²) in [5.74, 6) is 1.16. The minimum absolute atomic E-state index is 0.0248. The summed E-state index contributed by atoms with van der Waals surface area (Å²) in [6.45, 7) is 4.17. The maximum absolute atomic E-state index is 12.6. The van der Waals surface area contributed by atoms with Gasteiger partial charge in [0, 0.05) is 42.7 Å². The summed E-state index contributed by atoms with van der Waals surface area (Å²) in [5, 5.41) is 3.98. The second-order valence-corrected chi connectivity index (χ2v) is 5.84. The first kappa shape index (κ1) is 14.9. The fourth-order valence-electron chi connectivity index (χ4n) is 3.03. The molecule has 0 radical (unpaired) electrons. The zero-order valence-electron chi connectivity index (χ0n) is 13.3. The third kappa shape index (κ3) is 2.57. The molecule has 1 atom stereocenters. The number of methoxy groups -OCH3 is 1. The maximum Gasteiger partial charge on any atom is 0.253 e. The molecule has 3 rings (SSSR count). The highest BCUT2D eigenvalue weighted by Gasteiger charge is 2.21. The Morgan fingerprint density at radius 1 is 1.50 bits per heavy atom. The van der Waals surface area contributed by atoms with Crippen LogP contribution in [0.5, 0.6) is 5.75 Å². The van der Waals surface area contributed by atoms with Crippen molar-refractivity contribution < 1.29 is 14.3 Å². The van der Waals surface area contributed by atoms with E-state index in [2.05, 4.69) is 5.32 Å². The lowest BCUT2D eigenvalue weighted by Crippen LogP contribution is -2.29. The molecule has 1 aliphatic rings. The van der Waals surface area contributed by atoms with Gasteiger partial charge in [-0.05, 0) is 31.5 Å². The Morgan fingerprint density at radius 2 is 2.32 bits per heavy atom. The van der Waals surface area contributed by atoms with Crippen molar-refractivity contribution in [2.45, 2.75) is 13.3 Å². The molecule has 1 N–H and O–H groups in total. The summed E-state index contributed by atoms with van der Waals surface area (Å²) in [4.78, 5) is 12.6. The molecule has 1 aliphatic heterocycles. The molecular formula is C17H22N2O3. The minimum atomic E-state index is -0.0248. The van der Waals surface area contributed by atoms with Crippen LogP contribution in [-0.2, 0) is 11.8 Å². The van der Waals surface area contributed by atoms with Gasteiger partial charge in [0.2, 0.25) is 0 Å². The second kappa shape index (κ2) is 6.01. The normalized spacial score (nSPS) is 17.9. The van der Waals surface area contributed by atoms with Crippen LogP contribution in [0.25, 0.3) is 10.9 Å². The molecule has 1 aromatic heterocycles. The molecule has 5 heteroatoms. The number of fused-ring (bicyclic) bond motifs is 1. The number of ether oxygens (including phenoxy) is 2. The third-order valence-electron chi connectivity index (χ3n) is 4.50. The number of hydrogen-bond donors (Lipinski definition) is 1. The van der Waals surface area contributed by atoms with Crippen molar-refractivity contribution in [3.05, 3.63) is 29.5 Å². The Hall–Kier alpha value is -2.01. The summed E-state index contributed by atoms with van der Waals surface area (Å²) in [6, 6.07) is 5.83. The van der Waals surface area contributed by atoms with E-state index in [9.17, 15) is 4.79 Å². The highest BCUT2D eigenvalue weighted by Crippen LogP contribution is 2.28. The van der Waals surface area contributed by atoms with E-state index in [0.717, 1.165) is 47.5 Å². The van der Waals surface area contributed by atoms with Crippen LogP contribution in [0.2, 0.25) is 0 Å². The molecule has 1 aromatic carbocycles. The number of amides is 1. The van der Waals surface area contributed by atoms with Gasteiger partial charge in [0.1, 0.15) is 5.75 Å². The Kier molecular flexibility index (Phi) is 4.07. The Bertz CT molecular complexity index is 699. The predicted octanol–water partition coefficient (Wildman–Crippen LogP) is 2.26. The van der Waals surface area contributed by atoms with Gasteiger partial charge in [-0.1, -0.05) is 0 Å². The van der Waals surface area contributed by atoms with Gasteiger partial charge in [-0.15, -0.1) is 0 Å². The molecule has 0 spiro atoms. The molecule has 0 unspecified atom stereocenters. The second-order valence-electron chi connectivity index (χ2n) is 5.84. The zero-order chi connectivity index (χ0) is 15.7. The zero-order valence-corrected chi connectivity index (χ0v) is 13.3. The summed E-state index contributed by atoms with van der Waals surface area (Å²) in [5.41, 5.74) is 2.73. The van der Waals surface area contributed by atoms with Crippen LogP contribution in [-0.4, -0.2) is 37.3 Å². The van der Waals surface area contributed by atoms with E-state index in [-0.39, 0.29) is 5.91 Å². The summed E-state index contributed by atoms with van der Waals surface area (Å²) in [6.07, 6.45) is 1.02. The topological polar surface area (TPSA) is 52.5 Å². The van der Waals surface area contributed by atoms with Crippen LogP contribution in [0.1, 0.15) is 22.5 Å². The molecule has 1 amide bonds. The molecule has 0 bridgehead atoms. The lowest BCUT2D eigenvalue weighted by atomic mass is 10.1. The number of hydrogen-bond acceptors (Lipinski definition) is 3. The lowest BCUT2D eigenvalue weighted by molar-refractivity contribution is 0.0946. The molecule has 118 valence electrons. The predicted molar refractivity (Wildman–Crippen MR) is 85.5 cm³/mol. The first-order valence-corrected chi connectivity index (χ1v) is 7.60. The standard InChI is InChI=1S/C17H22N2O3/c1-11-16(17(20)18-9-12-6-7-22-10-12)14-8-13(21-3)4-5-15(14)19(11)2/h4-5,8,12H,6-7,9-10H2,1-3H3,(H,18,20)/t12-/m1/s1. The average Bonchev–Trinajstić information content (AvgIpc) is 3.13. The first-order valence-electron chi connectivity index (χ1n) is 7.60. The van der Waals surface area contributed by atoms with Crippen molar-refractivity contribution in [2.75, 3.05) is 26.9 Å². The van der Waals surface area contributed by atoms with Crippen molar-refractivity contribution in [1.29, 1.82) is 0 Å². The number of aromatic nitrogens is 1. The number of nitrogens with zero attached hydrogens (tertiary/aromatic N) is 1. The quantitative estimate of drug-likeness (QED) is 0.942. The van der Waals surface area contributed by atoms with Crippen molar-refractivity contribution in [3.8, 4) is 5.75 Å². The van der Waals surface area contributed by atoms with Crippen LogP contribution in [0.15, 0.2) is 18.2 Å². The van der Waals surface area contributed by atoms with Crippen LogP contribution in [0.3, 0.4) is 0 Å². The van der Waals surface area contributed by atoms with E-state index in [1.165, 1.54) is 0 Å². The fraction of sp³-hybridized carbons (Fsp3) is 0.471. The van der Waals surface area contributed by atoms with Gasteiger partial charge in [-0.2, -0.15) is 0 Å². The molecule has 1 saturated heterocycles. The third-order valence-corrected chi connectivity index (χ3v) is 4.50. The average molecular weight is 302 g/mol. The monoisotopic (exact) mass is 302 g/mol. The highest BCUT2D eigenvalue weighted by molar-refractivity contribution is 6.08. The number of rotatable bonds is 4. The van der Waals surface area contributed by atoms with Crippen LogP contribution < -0.4 is 10.1 Å². The molecular weight excluding hydrogens is 280 g/mol. The first-order chi connectivity index (χ1) is 10.6. The van der Waals surface area contributed by atoms with Gasteiger partial charge in [0.15, 0.2) is 0 Å². The van der Waals surface area contributed by atoms with Gasteiger partial charge in [-0.3, -0.25) is 4.79 Å². The Morgan fingerprint density at radius 3 is 3.00 bits per heavy atom. The SMILES string of the molecule is COc1ccc2c(c1)c(C(=O)NC[C@H]1CCOC1)c(C)n2C. The van der Waals surface area contributed by atoms with E-state index in [4.69, 9.17) is 9.47 Å². The van der Waals surface area contributed by atoms with E-state index < -0.39 is 0 Å². The van der Waals surface area contributed by atoms with E-state index in [1.807, 2.05) is 36.7 Å². The molecule has 0 saturated carbocycles. The smallest absolute Gasteiger partial charge is 0.253 e. The lowest BCUT2D eigenvalue weighted by Gasteiger charge is -2.10. The number of benzene rings is 1. The molecule has 22 heavy (non-hydrogen) atoms. The van der Waals surface area contributed by atoms with E-state index in [1.54, 1.807) is 7.11 Å². The van der Waals surface area contributed by atoms with Crippen molar-refractivity contribution in [2.24, 2.45) is 13.0 Å². The van der Waals surface area contributed by atoms with Crippen molar-refractivity contribution >= 4 is 16.8 Å². The van der Waals surface area contributed by atoms with Gasteiger partial charge in [0.05, 0.1) is 19.3 Å². The number of nitrogens with one attached hydrogen (secondary N) is 1. The van der Waals surface area contributed by atoms with Gasteiger partial charge in [0.25, 0.3) is 5.91 Å². The van der Waals surface area contributed by atoms with Gasteiger partial charge < -0.3 is 19.4 Å². The Labute approximate surface area is 130 Å². The van der Waals surface area contributed by atoms with Crippen LogP contribution in [0.4, 0.5) is 0 Å². The molecule has 2 heterocycles. The summed E-state index contributed by atoms with van der Waals surface area (Å²) < 4.78 is 12.7. The van der Waals surface area contributed by atoms with E-state index >= 15 is 0 Å².